The van der Waals surface area contributed by atoms with E-state index < -0.39 is 74.3 Å². The summed E-state index contributed by atoms with van der Waals surface area (Å²) in [4.78, 5) is 133. The molecule has 4 radical (unpaired) electrons. The minimum Gasteiger partial charge on any atom is -0.507 e. The van der Waals surface area contributed by atoms with Crippen LogP contribution in [0.4, 0.5) is 28.4 Å². The predicted molar refractivity (Wildman–Crippen MR) is 508 cm³/mol. The molecule has 0 aliphatic rings. The summed E-state index contributed by atoms with van der Waals surface area (Å²) >= 11 is 28.2. The summed E-state index contributed by atoms with van der Waals surface area (Å²) in [5, 5.41) is 58.7. The number of aliphatic hydroxyl groups is 1. The van der Waals surface area contributed by atoms with Gasteiger partial charge in [-0.25, -0.2) is 0 Å². The number of carboxylic acids is 1. The first-order valence-electron chi connectivity index (χ1n) is 40.5. The molecule has 0 aliphatic heterocycles. The van der Waals surface area contributed by atoms with Crippen molar-refractivity contribution >= 4 is 177 Å². The fraction of sp³-hybridized carbons (Fsp3) is 0.529. The van der Waals surface area contributed by atoms with Crippen molar-refractivity contribution in [1.29, 1.82) is 0 Å². The number of benzene rings is 5. The maximum absolute atomic E-state index is 12.1. The highest BCUT2D eigenvalue weighted by atomic mass is 35.5. The first-order valence-corrected chi connectivity index (χ1v) is 43.2. The molecular weight excluding hydrogens is 1780 g/mol. The lowest BCUT2D eigenvalue weighted by molar-refractivity contribution is -0.385. The number of alkyl halides is 5. The summed E-state index contributed by atoms with van der Waals surface area (Å²) in [6.07, 6.45) is 3.04. The molecule has 0 heterocycles. The molecule has 0 spiro atoms. The lowest BCUT2D eigenvalue weighted by Gasteiger charge is -2.25. The number of hydrogen-bond donors (Lipinski definition) is 9. The number of phenols is 1. The van der Waals surface area contributed by atoms with Gasteiger partial charge in [0.1, 0.15) is 83.9 Å². The molecule has 0 saturated heterocycles. The molecule has 712 valence electrons. The van der Waals surface area contributed by atoms with Crippen molar-refractivity contribution in [1.82, 2.24) is 20.9 Å². The van der Waals surface area contributed by atoms with Gasteiger partial charge in [-0.05, 0) is 176 Å². The standard InChI is InChI=1S/C20H30BCl2N2O4.C16H22BN2O6.C16H24BN2O4.C15H22Cl2N2O3.C9H17BNO4.C7H7NO3.C2H3ClO/c1-15-5-6-17(25(9-7-22)10-8-23)12-18(15)28-13-16(24-21-14-26)11-19(27)29-20(2,3)4;1-11-5-6-13(19(22)23)8-14(11)24-9-12(18-17-10-20)7-15(21)25-16(2,3)4;1-11-5-6-12(18)7-14(11)22-9-13(19-17-10-20)8-15(21)23-16(2,3)4;1-11-2-3-13(19(6-4-16)7-5-17)9-14(11)22-10-12(18)8-15(20)21;1-9(2,3)15-8(14)4-7(5-12)11-10-6-13;1-5-2-3-6(8(10)11)4-7(5)9;3-1-2-4/h5-6,12,14,16,24H,7-11,13H2,1-4H3;5-6,8,10,12,18H,7,9H2,1-4H3;5-7,10,13,19H,8-9,18H2,1-4H3;2-3,9,12H,4-8,10,18H2,1H3,(H,20,21);6-7,11-12H,4-5H2,1-3H3;2-4,9H,1H3;2H,1H2/t16-;12-;13-;12-;7-;;/m11111../s1. The number of nitro groups is 2. The number of carbonyl (C=O) groups excluding carboxylic acids is 9. The molecule has 5 atom stereocenters. The van der Waals surface area contributed by atoms with Crippen LogP contribution in [-0.2, 0) is 66.9 Å². The van der Waals surface area contributed by atoms with Crippen molar-refractivity contribution in [2.24, 2.45) is 5.73 Å². The number of non-ortho nitro benzene ring substituents is 2. The fourth-order valence-electron chi connectivity index (χ4n) is 10.1. The molecule has 0 bridgehead atoms. The second kappa shape index (κ2) is 66.8. The zero-order valence-corrected chi connectivity index (χ0v) is 80.1. The number of nitrogen functional groups attached to an aromatic ring is 1. The predicted octanol–water partition coefficient (Wildman–Crippen LogP) is 10.4. The van der Waals surface area contributed by atoms with Gasteiger partial charge >= 0.3 is 29.8 Å². The Labute approximate surface area is 784 Å². The Balaban J connectivity index is 0. The third-order valence-electron chi connectivity index (χ3n) is 15.9. The number of nitro benzene ring substituents is 2. The topological polar surface area (TPSA) is 498 Å². The van der Waals surface area contributed by atoms with Gasteiger partial charge in [-0.1, -0.05) is 18.2 Å². The van der Waals surface area contributed by atoms with Crippen LogP contribution < -0.4 is 61.1 Å². The average molecular weight is 1910 g/mol. The van der Waals surface area contributed by atoms with Crippen LogP contribution in [0.5, 0.6) is 28.7 Å². The number of hydrogen-bond acceptors (Lipinski definition) is 32. The molecule has 44 heteroatoms. The van der Waals surface area contributed by atoms with Crippen LogP contribution in [0.1, 0.15) is 143 Å². The van der Waals surface area contributed by atoms with Crippen molar-refractivity contribution in [3.8, 4) is 28.7 Å². The van der Waals surface area contributed by atoms with Gasteiger partial charge in [-0.2, -0.15) is 0 Å². The van der Waals surface area contributed by atoms with E-state index in [9.17, 15) is 63.4 Å². The summed E-state index contributed by atoms with van der Waals surface area (Å²) in [5.41, 5.74) is 15.7. The van der Waals surface area contributed by atoms with Crippen LogP contribution in [0.25, 0.3) is 0 Å². The largest absolute Gasteiger partial charge is 0.507 e. The molecule has 0 fully saturated rings. The highest BCUT2D eigenvalue weighted by Gasteiger charge is 2.27. The highest BCUT2D eigenvalue weighted by molar-refractivity contribution is 6.65. The third-order valence-corrected chi connectivity index (χ3v) is 16.7. The van der Waals surface area contributed by atoms with Gasteiger partial charge in [0.25, 0.3) is 41.0 Å². The number of esters is 4. The molecule has 0 saturated carbocycles. The molecule has 0 amide bonds. The number of carboxylic acid groups (broad SMARTS) is 1. The minimum absolute atomic E-state index is 0.0183. The number of phenolic OH excluding ortho intramolecular Hbond substituents is 1. The Morgan fingerprint density at radius 2 is 0.721 bits per heavy atom. The smallest absolute Gasteiger partial charge is 0.307 e. The minimum atomic E-state index is -0.933. The zero-order chi connectivity index (χ0) is 98.6. The number of ether oxygens (including phenoxy) is 8. The number of carbonyl (C=O) groups is 10. The van der Waals surface area contributed by atoms with E-state index in [1.807, 2.05) is 84.0 Å². The van der Waals surface area contributed by atoms with Crippen LogP contribution in [0, 0.1) is 54.8 Å². The van der Waals surface area contributed by atoms with E-state index in [0.717, 1.165) is 47.1 Å². The van der Waals surface area contributed by atoms with Crippen LogP contribution in [-0.4, -0.2) is 257 Å². The molecule has 5 rings (SSSR count). The number of halogens is 5. The monoisotopic (exact) mass is 1900 g/mol. The van der Waals surface area contributed by atoms with E-state index in [2.05, 4.69) is 30.7 Å². The van der Waals surface area contributed by atoms with E-state index >= 15 is 0 Å². The van der Waals surface area contributed by atoms with E-state index in [0.29, 0.717) is 115 Å². The number of aldehydes is 1. The number of nitrogens with two attached hydrogens (primary N) is 2. The number of aliphatic carboxylic acids is 1. The Morgan fingerprint density at radius 1 is 0.442 bits per heavy atom. The fourth-order valence-corrected chi connectivity index (χ4v) is 11.0. The van der Waals surface area contributed by atoms with Gasteiger partial charge in [0.05, 0.1) is 91.3 Å². The maximum atomic E-state index is 12.1. The van der Waals surface area contributed by atoms with Crippen LogP contribution in [0.2, 0.25) is 0 Å². The summed E-state index contributed by atoms with van der Waals surface area (Å²) < 4.78 is 43.9. The Hall–Kier alpha value is -9.53. The van der Waals surface area contributed by atoms with Gasteiger partial charge in [0.15, 0.2) is 0 Å². The lowest BCUT2D eigenvalue weighted by atomic mass is 9.96. The Bertz CT molecular complexity index is 4200. The van der Waals surface area contributed by atoms with E-state index in [1.165, 1.54) is 46.5 Å². The average Bonchev–Trinajstić information content (AvgIpc) is 0.833. The molecule has 0 aromatic heterocycles. The normalized spacial score (nSPS) is 11.9. The Kier molecular flexibility index (Phi) is 62.9. The summed E-state index contributed by atoms with van der Waals surface area (Å²) in [6.45, 7) is 33.7. The van der Waals surface area contributed by atoms with Crippen LogP contribution >= 0.6 is 58.0 Å². The number of nitrogens with one attached hydrogen (secondary N) is 4. The van der Waals surface area contributed by atoms with Gasteiger partial charge in [0, 0.05) is 127 Å². The van der Waals surface area contributed by atoms with Gasteiger partial charge in [-0.3, -0.25) is 44.2 Å². The molecular formula is C85H125B4Cl5N10O25. The van der Waals surface area contributed by atoms with Gasteiger partial charge < -0.3 is 119 Å². The second-order valence-corrected chi connectivity index (χ2v) is 33.8. The van der Waals surface area contributed by atoms with Crippen molar-refractivity contribution in [3.63, 3.8) is 0 Å². The Morgan fingerprint density at radius 3 is 1.01 bits per heavy atom. The quantitative estimate of drug-likeness (QED) is 0.00255. The van der Waals surface area contributed by atoms with Crippen molar-refractivity contribution in [2.45, 2.75) is 202 Å². The molecule has 0 aliphatic carbocycles. The van der Waals surface area contributed by atoms with Crippen molar-refractivity contribution in [3.05, 3.63) is 139 Å². The van der Waals surface area contributed by atoms with Crippen LogP contribution in [0.15, 0.2) is 91.0 Å². The summed E-state index contributed by atoms with van der Waals surface area (Å²) in [7, 11) is 4.80. The molecule has 5 aromatic carbocycles. The number of aromatic hydroxyl groups is 1. The first-order chi connectivity index (χ1) is 60.4. The zero-order valence-electron chi connectivity index (χ0n) is 76.3. The number of aliphatic hydroxyl groups excluding tert-OH is 1. The number of aryl methyl sites for hydroxylation is 5. The summed E-state index contributed by atoms with van der Waals surface area (Å²) in [6, 6.07) is 23.1. The maximum Gasteiger partial charge on any atom is 0.307 e. The molecule has 5 aromatic rings. The van der Waals surface area contributed by atoms with E-state index in [1.54, 1.807) is 94.4 Å². The number of anilines is 3. The third kappa shape index (κ3) is 60.9. The van der Waals surface area contributed by atoms with Crippen molar-refractivity contribution in [2.75, 3.05) is 104 Å². The number of nitrogens with zero attached hydrogens (tertiary/aromatic N) is 4. The van der Waals surface area contributed by atoms with Crippen molar-refractivity contribution < 1.29 is 111 Å². The van der Waals surface area contributed by atoms with Crippen LogP contribution in [0.3, 0.4) is 0 Å². The molecule has 0 unspecified atom stereocenters. The molecule has 129 heavy (non-hydrogen) atoms. The SMILES string of the molecule is CC(C)(C)OC(=O)C[C@H](CO)N[B]C=O.Cc1ccc(N(CCCl)CCCl)cc1OC[C@@H](CC(=O)OC(C)(C)C)N[B]C=O.Cc1ccc(N(CCCl)CCCl)cc1OC[C@H](N)CC(=O)O.Cc1ccc(N)cc1OC[C@@H](CC(=O)OC(C)(C)C)N[B]C=O.Cc1ccc([N+](=O)[O-])cc1O.Cc1ccc([N+](=O)[O-])cc1OC[C@@H](CC(=O)OC(C)(C)C)N[B]C=O.O=CCCl. The summed E-state index contributed by atoms with van der Waals surface area (Å²) in [5.74, 6) is 1.92. The van der Waals surface area contributed by atoms with Gasteiger partial charge in [-0.15, -0.1) is 58.0 Å². The van der Waals surface area contributed by atoms with E-state index in [-0.39, 0.29) is 106 Å². The number of rotatable bonds is 48. The molecule has 35 nitrogen and oxygen atoms in total. The van der Waals surface area contributed by atoms with E-state index in [4.69, 9.17) is 127 Å². The van der Waals surface area contributed by atoms with Gasteiger partial charge in [0.2, 0.25) is 0 Å². The lowest BCUT2D eigenvalue weighted by Crippen LogP contribution is -2.41. The highest BCUT2D eigenvalue weighted by Crippen LogP contribution is 2.30. The second-order valence-electron chi connectivity index (χ2n) is 32.0. The molecule has 11 N–H and O–H groups in total. The first kappa shape index (κ1) is 122.